The van der Waals surface area contributed by atoms with E-state index in [9.17, 15) is 17.6 Å². The summed E-state index contributed by atoms with van der Waals surface area (Å²) in [6, 6.07) is 1.67. The van der Waals surface area contributed by atoms with Gasteiger partial charge in [-0.15, -0.1) is 0 Å². The molecule has 0 spiro atoms. The first-order valence-corrected chi connectivity index (χ1v) is 8.99. The van der Waals surface area contributed by atoms with Crippen LogP contribution < -0.4 is 0 Å². The lowest BCUT2D eigenvalue weighted by Crippen LogP contribution is -2.30. The van der Waals surface area contributed by atoms with Crippen LogP contribution in [0.1, 0.15) is 23.7 Å². The normalized spacial score (nSPS) is 21.2. The Labute approximate surface area is 132 Å². The second-order valence-corrected chi connectivity index (χ2v) is 8.30. The summed E-state index contributed by atoms with van der Waals surface area (Å²) in [5.74, 6) is -0.505. The minimum absolute atomic E-state index is 0.350. The molecule has 1 amide bonds. The van der Waals surface area contributed by atoms with Gasteiger partial charge in [-0.25, -0.2) is 12.8 Å². The Morgan fingerprint density at radius 3 is 2.52 bits per heavy atom. The second-order valence-electron chi connectivity index (χ2n) is 5.36. The Morgan fingerprint density at radius 1 is 1.48 bits per heavy atom. The van der Waals surface area contributed by atoms with Crippen LogP contribution >= 0.6 is 22.3 Å². The fraction of sp³-hybridized carbons (Fsp3) is 0.462. The summed E-state index contributed by atoms with van der Waals surface area (Å²) >= 11 is 5.66. The van der Waals surface area contributed by atoms with E-state index >= 15 is 0 Å². The van der Waals surface area contributed by atoms with Gasteiger partial charge in [0.2, 0.25) is 0 Å². The Bertz CT molecular complexity index is 693. The van der Waals surface area contributed by atoms with Gasteiger partial charge in [0.15, 0.2) is 0 Å². The van der Waals surface area contributed by atoms with E-state index in [0.717, 1.165) is 18.6 Å². The van der Waals surface area contributed by atoms with Crippen molar-refractivity contribution in [2.24, 2.45) is 11.8 Å². The average molecular weight is 354 g/mol. The lowest BCUT2D eigenvalue weighted by molar-refractivity contribution is 0.0782. The number of halogens is 3. The summed E-state index contributed by atoms with van der Waals surface area (Å²) in [5, 5.41) is -0.350. The van der Waals surface area contributed by atoms with Crippen LogP contribution in [0.5, 0.6) is 0 Å². The number of nitrogens with zero attached hydrogens (tertiary/aromatic N) is 1. The molecule has 21 heavy (non-hydrogen) atoms. The molecule has 0 aliphatic heterocycles. The van der Waals surface area contributed by atoms with Crippen molar-refractivity contribution in [3.63, 3.8) is 0 Å². The summed E-state index contributed by atoms with van der Waals surface area (Å²) < 4.78 is 36.6. The van der Waals surface area contributed by atoms with Crippen molar-refractivity contribution in [1.82, 2.24) is 4.90 Å². The first-order valence-electron chi connectivity index (χ1n) is 6.30. The van der Waals surface area contributed by atoms with Gasteiger partial charge in [0.05, 0.1) is 10.6 Å². The summed E-state index contributed by atoms with van der Waals surface area (Å²) in [5.41, 5.74) is -0.352. The molecule has 1 aliphatic carbocycles. The van der Waals surface area contributed by atoms with E-state index in [-0.39, 0.29) is 10.6 Å². The minimum Gasteiger partial charge on any atom is -0.341 e. The highest BCUT2D eigenvalue weighted by atomic mass is 35.7. The number of benzene rings is 1. The molecule has 116 valence electrons. The molecule has 1 aliphatic rings. The van der Waals surface area contributed by atoms with Crippen LogP contribution in [0.25, 0.3) is 0 Å². The molecule has 0 aromatic heterocycles. The monoisotopic (exact) mass is 353 g/mol. The molecule has 8 heteroatoms. The number of amides is 1. The van der Waals surface area contributed by atoms with Crippen molar-refractivity contribution in [2.75, 3.05) is 13.6 Å². The van der Waals surface area contributed by atoms with Gasteiger partial charge in [0.1, 0.15) is 10.7 Å². The third-order valence-corrected chi connectivity index (χ3v) is 5.43. The maximum absolute atomic E-state index is 13.9. The van der Waals surface area contributed by atoms with Gasteiger partial charge in [-0.3, -0.25) is 4.79 Å². The zero-order valence-corrected chi connectivity index (χ0v) is 13.8. The van der Waals surface area contributed by atoms with E-state index < -0.39 is 25.7 Å². The Balaban J connectivity index is 2.32. The first-order chi connectivity index (χ1) is 9.61. The van der Waals surface area contributed by atoms with Gasteiger partial charge in [-0.05, 0) is 30.4 Å². The number of rotatable bonds is 4. The first kappa shape index (κ1) is 16.5. The molecule has 0 N–H and O–H groups in total. The highest BCUT2D eigenvalue weighted by Crippen LogP contribution is 2.38. The van der Waals surface area contributed by atoms with E-state index in [0.29, 0.717) is 18.4 Å². The van der Waals surface area contributed by atoms with Crippen molar-refractivity contribution >= 4 is 37.2 Å². The molecule has 0 radical (unpaired) electrons. The third-order valence-electron chi connectivity index (χ3n) is 3.65. The Morgan fingerprint density at radius 2 is 2.05 bits per heavy atom. The van der Waals surface area contributed by atoms with E-state index in [4.69, 9.17) is 22.3 Å². The third kappa shape index (κ3) is 3.67. The molecule has 2 rings (SSSR count). The second kappa shape index (κ2) is 5.74. The zero-order valence-electron chi connectivity index (χ0n) is 11.4. The van der Waals surface area contributed by atoms with E-state index in [1.165, 1.54) is 4.90 Å². The molecule has 1 aromatic carbocycles. The van der Waals surface area contributed by atoms with Crippen molar-refractivity contribution in [2.45, 2.75) is 18.2 Å². The van der Waals surface area contributed by atoms with E-state index in [1.54, 1.807) is 7.05 Å². The highest BCUT2D eigenvalue weighted by molar-refractivity contribution is 8.13. The largest absolute Gasteiger partial charge is 0.341 e. The standard InChI is InChI=1S/C13H14Cl2FNO3S/c1-7-3-8(7)6-17(2)13(18)9-4-12(21(15,19)20)10(14)5-11(9)16/h4-5,7-8H,3,6H2,1-2H3. The van der Waals surface area contributed by atoms with Crippen molar-refractivity contribution < 1.29 is 17.6 Å². The van der Waals surface area contributed by atoms with Gasteiger partial charge in [-0.2, -0.15) is 0 Å². The van der Waals surface area contributed by atoms with Gasteiger partial charge in [0, 0.05) is 24.3 Å². The lowest BCUT2D eigenvalue weighted by Gasteiger charge is -2.18. The average Bonchev–Trinajstić information content (AvgIpc) is 3.02. The quantitative estimate of drug-likeness (QED) is 0.781. The molecular weight excluding hydrogens is 340 g/mol. The zero-order chi connectivity index (χ0) is 15.9. The summed E-state index contributed by atoms with van der Waals surface area (Å²) in [7, 11) is 2.63. The molecule has 2 unspecified atom stereocenters. The van der Waals surface area contributed by atoms with Gasteiger partial charge in [0.25, 0.3) is 15.0 Å². The molecule has 0 saturated heterocycles. The topological polar surface area (TPSA) is 54.5 Å². The molecule has 1 fully saturated rings. The Hall–Kier alpha value is -0.850. The SMILES string of the molecule is CC1CC1CN(C)C(=O)c1cc(S(=O)(=O)Cl)c(Cl)cc1F. The van der Waals surface area contributed by atoms with Crippen LogP contribution in [0, 0.1) is 17.7 Å². The summed E-state index contributed by atoms with van der Waals surface area (Å²) in [6.45, 7) is 2.58. The van der Waals surface area contributed by atoms with Crippen molar-refractivity contribution in [3.05, 3.63) is 28.5 Å². The molecule has 1 saturated carbocycles. The predicted molar refractivity (Wildman–Crippen MR) is 78.7 cm³/mol. The summed E-state index contributed by atoms with van der Waals surface area (Å²) in [6.07, 6.45) is 1.03. The number of carbonyl (C=O) groups excluding carboxylic acids is 1. The summed E-state index contributed by atoms with van der Waals surface area (Å²) in [4.78, 5) is 13.1. The lowest BCUT2D eigenvalue weighted by atomic mass is 10.1. The maximum Gasteiger partial charge on any atom is 0.262 e. The molecule has 1 aromatic rings. The molecular formula is C13H14Cl2FNO3S. The highest BCUT2D eigenvalue weighted by Gasteiger charge is 2.35. The van der Waals surface area contributed by atoms with Crippen LogP contribution in [0.15, 0.2) is 17.0 Å². The van der Waals surface area contributed by atoms with Crippen molar-refractivity contribution in [1.29, 1.82) is 0 Å². The molecule has 4 nitrogen and oxygen atoms in total. The van der Waals surface area contributed by atoms with Crippen LogP contribution in [0.2, 0.25) is 5.02 Å². The van der Waals surface area contributed by atoms with Crippen LogP contribution in [0.4, 0.5) is 4.39 Å². The molecule has 0 bridgehead atoms. The smallest absolute Gasteiger partial charge is 0.262 e. The van der Waals surface area contributed by atoms with E-state index in [2.05, 4.69) is 6.92 Å². The Kier molecular flexibility index (Phi) is 4.52. The van der Waals surface area contributed by atoms with Crippen LogP contribution in [-0.4, -0.2) is 32.8 Å². The van der Waals surface area contributed by atoms with Crippen molar-refractivity contribution in [3.8, 4) is 0 Å². The molecule has 0 heterocycles. The van der Waals surface area contributed by atoms with Crippen LogP contribution in [-0.2, 0) is 9.05 Å². The van der Waals surface area contributed by atoms with Gasteiger partial charge < -0.3 is 4.90 Å². The fourth-order valence-electron chi connectivity index (χ4n) is 2.17. The van der Waals surface area contributed by atoms with Gasteiger partial charge >= 0.3 is 0 Å². The predicted octanol–water partition coefficient (Wildman–Crippen LogP) is 3.13. The number of hydrogen-bond acceptors (Lipinski definition) is 3. The number of carbonyl (C=O) groups is 1. The van der Waals surface area contributed by atoms with E-state index in [1.807, 2.05) is 0 Å². The van der Waals surface area contributed by atoms with Gasteiger partial charge in [-0.1, -0.05) is 18.5 Å². The number of hydrogen-bond donors (Lipinski definition) is 0. The fourth-order valence-corrected chi connectivity index (χ4v) is 3.68. The van der Waals surface area contributed by atoms with Crippen LogP contribution in [0.3, 0.4) is 0 Å². The molecule has 2 atom stereocenters. The maximum atomic E-state index is 13.9. The minimum atomic E-state index is -4.15.